The zero-order valence-electron chi connectivity index (χ0n) is 11.0. The molecule has 0 saturated heterocycles. The summed E-state index contributed by atoms with van der Waals surface area (Å²) in [6.07, 6.45) is -0.324. The van der Waals surface area contributed by atoms with Crippen molar-refractivity contribution in [2.45, 2.75) is 12.8 Å². The second kappa shape index (κ2) is 7.18. The minimum absolute atomic E-state index is 0.0635. The molecule has 0 unspecified atom stereocenters. The molecule has 0 bridgehead atoms. The number of carbonyl (C=O) groups is 1. The smallest absolute Gasteiger partial charge is 0.324 e. The molecule has 1 aliphatic rings. The number of carbonyl (C=O) groups excluding carboxylic acids is 1. The number of allylic oxidation sites excluding steroid dienone is 1. The summed E-state index contributed by atoms with van der Waals surface area (Å²) in [4.78, 5) is 15.2. The number of aliphatic imine (C=N–C) groups is 1. The maximum atomic E-state index is 13.3. The van der Waals surface area contributed by atoms with Crippen molar-refractivity contribution < 1.29 is 23.1 Å². The Balaban J connectivity index is 2.06. The van der Waals surface area contributed by atoms with Crippen LogP contribution in [0.4, 0.5) is 23.0 Å². The first-order valence-corrected chi connectivity index (χ1v) is 6.82. The number of nitrogens with one attached hydrogen (secondary N) is 2. The van der Waals surface area contributed by atoms with E-state index in [0.29, 0.717) is 17.1 Å². The lowest BCUT2D eigenvalue weighted by atomic mass is 10.1. The number of aliphatic hydroxyl groups excluding tert-OH is 1. The first-order chi connectivity index (χ1) is 10.5. The van der Waals surface area contributed by atoms with E-state index in [0.717, 1.165) is 12.1 Å². The Kier molecular flexibility index (Phi) is 5.28. The predicted molar refractivity (Wildman–Crippen MR) is 75.6 cm³/mol. The number of alkyl halides is 2. The van der Waals surface area contributed by atoms with E-state index in [4.69, 9.17) is 0 Å². The molecule has 1 aromatic heterocycles. The quantitative estimate of drug-likeness (QED) is 0.741. The normalized spacial score (nSPS) is 14.9. The Morgan fingerprint density at radius 3 is 2.86 bits per heavy atom. The number of hydrogen-bond donors (Lipinski definition) is 3. The largest absolute Gasteiger partial charge is 0.392 e. The third-order valence-corrected chi connectivity index (χ3v) is 3.34. The van der Waals surface area contributed by atoms with Crippen LogP contribution in [0.15, 0.2) is 34.4 Å². The second-order valence-corrected chi connectivity index (χ2v) is 4.96. The summed E-state index contributed by atoms with van der Waals surface area (Å²) in [7, 11) is 0. The number of urea groups is 1. The van der Waals surface area contributed by atoms with Crippen LogP contribution in [0.25, 0.3) is 0 Å². The van der Waals surface area contributed by atoms with Crippen molar-refractivity contribution in [1.29, 1.82) is 0 Å². The van der Waals surface area contributed by atoms with Gasteiger partial charge in [-0.25, -0.2) is 18.6 Å². The van der Waals surface area contributed by atoms with Crippen molar-refractivity contribution in [3.8, 4) is 0 Å². The topological polar surface area (TPSA) is 86.6 Å². The van der Waals surface area contributed by atoms with Crippen LogP contribution in [0.2, 0.25) is 0 Å². The van der Waals surface area contributed by atoms with Crippen LogP contribution in [0.3, 0.4) is 0 Å². The molecule has 1 aromatic rings. The number of anilines is 1. The van der Waals surface area contributed by atoms with E-state index in [9.17, 15) is 23.1 Å². The van der Waals surface area contributed by atoms with Gasteiger partial charge in [-0.05, 0) is 17.1 Å². The molecular weight excluding hydrogens is 321 g/mol. The van der Waals surface area contributed by atoms with Gasteiger partial charge in [0.05, 0.1) is 6.61 Å². The lowest BCUT2D eigenvalue weighted by Crippen LogP contribution is -2.28. The van der Waals surface area contributed by atoms with Crippen LogP contribution < -0.4 is 10.6 Å². The van der Waals surface area contributed by atoms with Gasteiger partial charge in [-0.2, -0.15) is 8.76 Å². The fraction of sp³-hybridized carbons (Fsp3) is 0.250. The zero-order valence-corrected chi connectivity index (χ0v) is 11.8. The van der Waals surface area contributed by atoms with Gasteiger partial charge in [-0.3, -0.25) is 5.32 Å². The van der Waals surface area contributed by atoms with Gasteiger partial charge in [0, 0.05) is 30.5 Å². The lowest BCUT2D eigenvalue weighted by molar-refractivity contribution is 0.147. The fourth-order valence-electron chi connectivity index (χ4n) is 1.60. The summed E-state index contributed by atoms with van der Waals surface area (Å²) in [6, 6.07) is 0.277. The van der Waals surface area contributed by atoms with Crippen molar-refractivity contribution >= 4 is 28.8 Å². The standard InChI is InChI=1S/C12H11F3N4O2S/c13-9-3-7(6(5-20)1-2-16-9)17-12(21)18-10-4-8(11(14)15)19-22-10/h2-4,11,20H,1,5H2,(H2,17,18,21). The molecule has 2 amide bonds. The van der Waals surface area contributed by atoms with Gasteiger partial charge in [-0.15, -0.1) is 0 Å². The van der Waals surface area contributed by atoms with Crippen LogP contribution in [0.1, 0.15) is 18.5 Å². The van der Waals surface area contributed by atoms with Crippen molar-refractivity contribution in [3.63, 3.8) is 0 Å². The molecule has 0 atom stereocenters. The van der Waals surface area contributed by atoms with E-state index in [-0.39, 0.29) is 23.7 Å². The highest BCUT2D eigenvalue weighted by Crippen LogP contribution is 2.24. The highest BCUT2D eigenvalue weighted by Gasteiger charge is 2.15. The van der Waals surface area contributed by atoms with Crippen molar-refractivity contribution in [3.05, 3.63) is 35.1 Å². The van der Waals surface area contributed by atoms with Crippen LogP contribution >= 0.6 is 11.5 Å². The first-order valence-electron chi connectivity index (χ1n) is 6.05. The molecule has 3 N–H and O–H groups in total. The number of hydrogen-bond acceptors (Lipinski definition) is 5. The summed E-state index contributed by atoms with van der Waals surface area (Å²) >= 11 is 0.698. The average Bonchev–Trinajstić information content (AvgIpc) is 2.84. The molecule has 2 rings (SSSR count). The van der Waals surface area contributed by atoms with E-state index < -0.39 is 24.1 Å². The summed E-state index contributed by atoms with van der Waals surface area (Å²) in [5.41, 5.74) is -0.0120. The molecule has 22 heavy (non-hydrogen) atoms. The van der Waals surface area contributed by atoms with Gasteiger partial charge in [0.2, 0.25) is 5.95 Å². The monoisotopic (exact) mass is 332 g/mol. The van der Waals surface area contributed by atoms with E-state index in [1.807, 2.05) is 0 Å². The maximum Gasteiger partial charge on any atom is 0.324 e. The third-order valence-electron chi connectivity index (χ3n) is 2.62. The summed E-state index contributed by atoms with van der Waals surface area (Å²) in [6.45, 7) is -0.387. The van der Waals surface area contributed by atoms with Gasteiger partial charge < -0.3 is 10.4 Å². The van der Waals surface area contributed by atoms with E-state index in [1.165, 1.54) is 6.21 Å². The number of amides is 2. The molecular formula is C12H11F3N4O2S. The first kappa shape index (κ1) is 16.2. The van der Waals surface area contributed by atoms with Gasteiger partial charge in [0.25, 0.3) is 6.43 Å². The highest BCUT2D eigenvalue weighted by atomic mass is 32.1. The molecule has 0 saturated carbocycles. The molecule has 2 heterocycles. The molecule has 1 aliphatic heterocycles. The van der Waals surface area contributed by atoms with Crippen LogP contribution in [-0.4, -0.2) is 28.3 Å². The maximum absolute atomic E-state index is 13.3. The second-order valence-electron chi connectivity index (χ2n) is 4.15. The number of aliphatic hydroxyl groups is 1. The SMILES string of the molecule is O=C(NC1=C(CO)CC=NC(F)=C1)Nc1cc(C(F)F)ns1. The zero-order chi connectivity index (χ0) is 16.1. The molecule has 0 aliphatic carbocycles. The van der Waals surface area contributed by atoms with Crippen LogP contribution in [-0.2, 0) is 0 Å². The Bertz CT molecular complexity index is 655. The van der Waals surface area contributed by atoms with E-state index in [2.05, 4.69) is 20.0 Å². The molecule has 0 radical (unpaired) electrons. The van der Waals surface area contributed by atoms with Crippen molar-refractivity contribution in [1.82, 2.24) is 9.69 Å². The molecule has 118 valence electrons. The summed E-state index contributed by atoms with van der Waals surface area (Å²) in [5.74, 6) is -0.823. The summed E-state index contributed by atoms with van der Waals surface area (Å²) < 4.78 is 41.5. The summed E-state index contributed by atoms with van der Waals surface area (Å²) in [5, 5.41) is 14.0. The van der Waals surface area contributed by atoms with Gasteiger partial charge >= 0.3 is 6.03 Å². The van der Waals surface area contributed by atoms with Gasteiger partial charge in [-0.1, -0.05) is 0 Å². The number of rotatable bonds is 4. The van der Waals surface area contributed by atoms with Crippen molar-refractivity contribution in [2.24, 2.45) is 4.99 Å². The Labute approximate surface area is 127 Å². The number of halogens is 3. The van der Waals surface area contributed by atoms with Gasteiger partial charge in [0.15, 0.2) is 0 Å². The molecule has 0 spiro atoms. The number of nitrogens with zero attached hydrogens (tertiary/aromatic N) is 2. The predicted octanol–water partition coefficient (Wildman–Crippen LogP) is 2.73. The van der Waals surface area contributed by atoms with Crippen molar-refractivity contribution in [2.75, 3.05) is 11.9 Å². The fourth-order valence-corrected chi connectivity index (χ4v) is 2.25. The minimum Gasteiger partial charge on any atom is -0.392 e. The highest BCUT2D eigenvalue weighted by molar-refractivity contribution is 7.10. The molecule has 10 heteroatoms. The van der Waals surface area contributed by atoms with E-state index >= 15 is 0 Å². The Morgan fingerprint density at radius 1 is 1.45 bits per heavy atom. The lowest BCUT2D eigenvalue weighted by Gasteiger charge is -2.10. The molecule has 0 aromatic carbocycles. The number of aromatic nitrogens is 1. The minimum atomic E-state index is -2.73. The van der Waals surface area contributed by atoms with Crippen LogP contribution in [0, 0.1) is 0 Å². The van der Waals surface area contributed by atoms with Crippen LogP contribution in [0.5, 0.6) is 0 Å². The molecule has 0 fully saturated rings. The van der Waals surface area contributed by atoms with E-state index in [1.54, 1.807) is 0 Å². The third kappa shape index (κ3) is 4.15. The van der Waals surface area contributed by atoms with Gasteiger partial charge in [0.1, 0.15) is 10.7 Å². The average molecular weight is 332 g/mol. The Hall–Kier alpha value is -2.20. The Morgan fingerprint density at radius 2 is 2.23 bits per heavy atom. The molecule has 6 nitrogen and oxygen atoms in total.